The first-order chi connectivity index (χ1) is 5.65. The standard InChI is InChI=1S/C8H4BrF2N/c1-2-5-3-6(9)4-12-7(5)8(10)11/h1,3-4,8H. The van der Waals surface area contributed by atoms with Gasteiger partial charge in [0.05, 0.1) is 5.56 Å². The molecule has 0 atom stereocenters. The van der Waals surface area contributed by atoms with E-state index >= 15 is 0 Å². The summed E-state index contributed by atoms with van der Waals surface area (Å²) in [6, 6.07) is 1.44. The van der Waals surface area contributed by atoms with Crippen molar-refractivity contribution < 1.29 is 8.78 Å². The quantitative estimate of drug-likeness (QED) is 0.678. The Kier molecular flexibility index (Phi) is 2.77. The van der Waals surface area contributed by atoms with E-state index in [1.807, 2.05) is 0 Å². The van der Waals surface area contributed by atoms with Gasteiger partial charge in [-0.15, -0.1) is 6.42 Å². The van der Waals surface area contributed by atoms with Crippen molar-refractivity contribution in [2.24, 2.45) is 0 Å². The van der Waals surface area contributed by atoms with Crippen molar-refractivity contribution in [2.45, 2.75) is 6.43 Å². The fourth-order valence-corrected chi connectivity index (χ4v) is 1.07. The molecule has 1 aromatic heterocycles. The van der Waals surface area contributed by atoms with Gasteiger partial charge >= 0.3 is 0 Å². The molecule has 0 saturated carbocycles. The van der Waals surface area contributed by atoms with Crippen molar-refractivity contribution in [1.82, 2.24) is 4.98 Å². The van der Waals surface area contributed by atoms with E-state index in [4.69, 9.17) is 6.42 Å². The Hall–Kier alpha value is -0.950. The molecule has 0 aliphatic rings. The number of pyridine rings is 1. The molecule has 0 N–H and O–H groups in total. The summed E-state index contributed by atoms with van der Waals surface area (Å²) in [5.74, 6) is 2.15. The third-order valence-electron chi connectivity index (χ3n) is 1.25. The highest BCUT2D eigenvalue weighted by Crippen LogP contribution is 2.22. The summed E-state index contributed by atoms with van der Waals surface area (Å²) in [4.78, 5) is 3.51. The number of alkyl halides is 2. The molecule has 1 aromatic rings. The molecular weight excluding hydrogens is 228 g/mol. The van der Waals surface area contributed by atoms with Gasteiger partial charge < -0.3 is 0 Å². The zero-order chi connectivity index (χ0) is 9.14. The Balaban J connectivity index is 3.23. The van der Waals surface area contributed by atoms with Crippen LogP contribution in [0.5, 0.6) is 0 Å². The molecule has 4 heteroatoms. The Morgan fingerprint density at radius 3 is 2.75 bits per heavy atom. The largest absolute Gasteiger partial charge is 0.281 e. The van der Waals surface area contributed by atoms with Crippen molar-refractivity contribution in [2.75, 3.05) is 0 Å². The monoisotopic (exact) mass is 231 g/mol. The Labute approximate surface area is 76.9 Å². The molecule has 1 rings (SSSR count). The van der Waals surface area contributed by atoms with Crippen molar-refractivity contribution in [3.63, 3.8) is 0 Å². The number of nitrogens with zero attached hydrogens (tertiary/aromatic N) is 1. The molecule has 0 saturated heterocycles. The zero-order valence-corrected chi connectivity index (χ0v) is 7.48. The maximum absolute atomic E-state index is 12.2. The Bertz CT molecular complexity index is 330. The molecule has 0 unspecified atom stereocenters. The third-order valence-corrected chi connectivity index (χ3v) is 1.68. The molecule has 0 spiro atoms. The highest BCUT2D eigenvalue weighted by molar-refractivity contribution is 9.10. The van der Waals surface area contributed by atoms with Gasteiger partial charge in [0.2, 0.25) is 0 Å². The minimum atomic E-state index is -2.62. The van der Waals surface area contributed by atoms with Gasteiger partial charge in [-0.05, 0) is 22.0 Å². The van der Waals surface area contributed by atoms with E-state index < -0.39 is 6.43 Å². The van der Waals surface area contributed by atoms with Gasteiger partial charge in [-0.2, -0.15) is 0 Å². The Morgan fingerprint density at radius 2 is 2.25 bits per heavy atom. The van der Waals surface area contributed by atoms with E-state index in [9.17, 15) is 8.78 Å². The van der Waals surface area contributed by atoms with E-state index in [1.54, 1.807) is 0 Å². The first-order valence-electron chi connectivity index (χ1n) is 3.05. The first-order valence-corrected chi connectivity index (χ1v) is 3.84. The lowest BCUT2D eigenvalue weighted by Gasteiger charge is -2.01. The maximum Gasteiger partial charge on any atom is 0.281 e. The number of halogens is 3. The lowest BCUT2D eigenvalue weighted by Crippen LogP contribution is -1.94. The fraction of sp³-hybridized carbons (Fsp3) is 0.125. The van der Waals surface area contributed by atoms with Crippen LogP contribution in [0.3, 0.4) is 0 Å². The molecule has 0 radical (unpaired) electrons. The minimum absolute atomic E-state index is 0.124. The summed E-state index contributed by atoms with van der Waals surface area (Å²) in [5.41, 5.74) is -0.222. The van der Waals surface area contributed by atoms with Crippen molar-refractivity contribution in [3.8, 4) is 12.3 Å². The van der Waals surface area contributed by atoms with Crippen molar-refractivity contribution >= 4 is 15.9 Å². The van der Waals surface area contributed by atoms with Crippen LogP contribution in [0.25, 0.3) is 0 Å². The normalized spacial score (nSPS) is 9.92. The van der Waals surface area contributed by atoms with Crippen LogP contribution in [0, 0.1) is 12.3 Å². The molecule has 0 fully saturated rings. The molecule has 0 amide bonds. The second-order valence-electron chi connectivity index (χ2n) is 2.03. The van der Waals surface area contributed by atoms with Crippen LogP contribution < -0.4 is 0 Å². The minimum Gasteiger partial charge on any atom is -0.253 e. The predicted molar refractivity (Wildman–Crippen MR) is 44.8 cm³/mol. The maximum atomic E-state index is 12.2. The van der Waals surface area contributed by atoms with E-state index in [2.05, 4.69) is 26.8 Å². The van der Waals surface area contributed by atoms with Crippen LogP contribution >= 0.6 is 15.9 Å². The highest BCUT2D eigenvalue weighted by Gasteiger charge is 2.13. The molecule has 0 bridgehead atoms. The smallest absolute Gasteiger partial charge is 0.253 e. The van der Waals surface area contributed by atoms with E-state index in [0.29, 0.717) is 4.47 Å². The van der Waals surface area contributed by atoms with Crippen LogP contribution in [0.15, 0.2) is 16.7 Å². The molecule has 1 nitrogen and oxygen atoms in total. The Morgan fingerprint density at radius 1 is 1.58 bits per heavy atom. The van der Waals surface area contributed by atoms with Gasteiger partial charge in [-0.3, -0.25) is 4.98 Å². The first kappa shape index (κ1) is 9.14. The van der Waals surface area contributed by atoms with Crippen LogP contribution in [0.2, 0.25) is 0 Å². The van der Waals surface area contributed by atoms with Gasteiger partial charge in [-0.25, -0.2) is 8.78 Å². The average molecular weight is 232 g/mol. The topological polar surface area (TPSA) is 12.9 Å². The van der Waals surface area contributed by atoms with Crippen LogP contribution in [0.1, 0.15) is 17.7 Å². The molecule has 0 aromatic carbocycles. The molecular formula is C8H4BrF2N. The van der Waals surface area contributed by atoms with E-state index in [-0.39, 0.29) is 11.3 Å². The summed E-state index contributed by atoms with van der Waals surface area (Å²) >= 11 is 3.08. The van der Waals surface area contributed by atoms with E-state index in [1.165, 1.54) is 12.3 Å². The summed E-state index contributed by atoms with van der Waals surface area (Å²) in [6.45, 7) is 0. The van der Waals surface area contributed by atoms with Gasteiger partial charge in [-0.1, -0.05) is 5.92 Å². The fourth-order valence-electron chi connectivity index (χ4n) is 0.739. The molecule has 62 valence electrons. The van der Waals surface area contributed by atoms with Crippen molar-refractivity contribution in [1.29, 1.82) is 0 Å². The van der Waals surface area contributed by atoms with Crippen LogP contribution in [-0.2, 0) is 0 Å². The SMILES string of the molecule is C#Cc1cc(Br)cnc1C(F)F. The lowest BCUT2D eigenvalue weighted by molar-refractivity contribution is 0.145. The molecule has 0 aliphatic carbocycles. The van der Waals surface area contributed by atoms with E-state index in [0.717, 1.165) is 0 Å². The summed E-state index contributed by atoms with van der Waals surface area (Å²) in [7, 11) is 0. The van der Waals surface area contributed by atoms with Crippen LogP contribution in [0.4, 0.5) is 8.78 Å². The molecule has 1 heterocycles. The van der Waals surface area contributed by atoms with Gasteiger partial charge in [0.15, 0.2) is 0 Å². The average Bonchev–Trinajstić information content (AvgIpc) is 2.03. The predicted octanol–water partition coefficient (Wildman–Crippen LogP) is 2.76. The summed E-state index contributed by atoms with van der Waals surface area (Å²) in [5, 5.41) is 0. The number of terminal acetylenes is 1. The number of hydrogen-bond acceptors (Lipinski definition) is 1. The van der Waals surface area contributed by atoms with Crippen molar-refractivity contribution in [3.05, 3.63) is 28.0 Å². The molecule has 12 heavy (non-hydrogen) atoms. The van der Waals surface area contributed by atoms with Gasteiger partial charge in [0.25, 0.3) is 6.43 Å². The van der Waals surface area contributed by atoms with Crippen LogP contribution in [-0.4, -0.2) is 4.98 Å². The second-order valence-corrected chi connectivity index (χ2v) is 2.95. The second kappa shape index (κ2) is 3.63. The summed E-state index contributed by atoms with van der Waals surface area (Å²) in [6.07, 6.45) is 3.69. The third kappa shape index (κ3) is 1.80. The number of rotatable bonds is 1. The summed E-state index contributed by atoms with van der Waals surface area (Å²) < 4.78 is 24.9. The number of hydrogen-bond donors (Lipinski definition) is 0. The lowest BCUT2D eigenvalue weighted by atomic mass is 10.2. The van der Waals surface area contributed by atoms with Gasteiger partial charge in [0, 0.05) is 10.7 Å². The highest BCUT2D eigenvalue weighted by atomic mass is 79.9. The number of aromatic nitrogens is 1. The molecule has 0 aliphatic heterocycles. The zero-order valence-electron chi connectivity index (χ0n) is 5.89. The van der Waals surface area contributed by atoms with Gasteiger partial charge in [0.1, 0.15) is 5.69 Å².